The van der Waals surface area contributed by atoms with Gasteiger partial charge in [-0.1, -0.05) is 55.5 Å². The third-order valence-corrected chi connectivity index (χ3v) is 6.12. The molecule has 2 heterocycles. The Kier molecular flexibility index (Phi) is 6.89. The zero-order chi connectivity index (χ0) is 23.4. The Balaban J connectivity index is 1.49. The molecule has 33 heavy (non-hydrogen) atoms. The van der Waals surface area contributed by atoms with Crippen LogP contribution in [0.2, 0.25) is 0 Å². The van der Waals surface area contributed by atoms with Crippen molar-refractivity contribution in [1.82, 2.24) is 24.6 Å². The highest BCUT2D eigenvalue weighted by atomic mass is 16.2. The van der Waals surface area contributed by atoms with Crippen molar-refractivity contribution in [3.05, 3.63) is 76.7 Å². The van der Waals surface area contributed by atoms with E-state index in [1.807, 2.05) is 54.0 Å². The number of aryl methyl sites for hydroxylation is 1. The molecule has 4 rings (SSSR count). The highest BCUT2D eigenvalue weighted by Crippen LogP contribution is 2.30. The first-order valence-corrected chi connectivity index (χ1v) is 11.5. The van der Waals surface area contributed by atoms with Gasteiger partial charge in [-0.15, -0.1) is 0 Å². The summed E-state index contributed by atoms with van der Waals surface area (Å²) in [6.45, 7) is 4.33. The Morgan fingerprint density at radius 3 is 2.58 bits per heavy atom. The number of para-hydroxylation sites is 1. The molecule has 0 radical (unpaired) electrons. The summed E-state index contributed by atoms with van der Waals surface area (Å²) >= 11 is 0. The van der Waals surface area contributed by atoms with E-state index >= 15 is 0 Å². The lowest BCUT2D eigenvalue weighted by Gasteiger charge is -2.20. The standard InChI is InChI=1S/C26H31N5O2/c1-4-22(25(32)27-15-10-16-29(2)18-19-11-6-5-7-12-19)31-23-14-9-8-13-20(23)21-17-28-30(3)26(33)24(21)31/h5-9,11-14,17,22H,4,10,15-16,18H2,1-3H3,(H,27,32)/t22-/m0/s1. The molecule has 0 spiro atoms. The van der Waals surface area contributed by atoms with Gasteiger partial charge in [0.1, 0.15) is 11.6 Å². The molecule has 1 atom stereocenters. The molecule has 0 saturated carbocycles. The first kappa shape index (κ1) is 22.7. The number of nitrogens with one attached hydrogen (secondary N) is 1. The second-order valence-corrected chi connectivity index (χ2v) is 8.51. The number of aromatic nitrogens is 3. The van der Waals surface area contributed by atoms with Gasteiger partial charge in [0.2, 0.25) is 5.91 Å². The first-order valence-electron chi connectivity index (χ1n) is 11.5. The monoisotopic (exact) mass is 445 g/mol. The molecule has 0 aliphatic rings. The van der Waals surface area contributed by atoms with Crippen molar-refractivity contribution in [2.24, 2.45) is 7.05 Å². The number of carbonyl (C=O) groups is 1. The number of hydrogen-bond acceptors (Lipinski definition) is 4. The lowest BCUT2D eigenvalue weighted by molar-refractivity contribution is -0.124. The van der Waals surface area contributed by atoms with Gasteiger partial charge >= 0.3 is 0 Å². The summed E-state index contributed by atoms with van der Waals surface area (Å²) in [6.07, 6.45) is 3.14. The molecular weight excluding hydrogens is 414 g/mol. The molecule has 2 aromatic heterocycles. The van der Waals surface area contributed by atoms with Crippen LogP contribution in [0.3, 0.4) is 0 Å². The second-order valence-electron chi connectivity index (χ2n) is 8.51. The predicted molar refractivity (Wildman–Crippen MR) is 132 cm³/mol. The van der Waals surface area contributed by atoms with Crippen LogP contribution in [0.5, 0.6) is 0 Å². The Labute approximate surface area is 193 Å². The van der Waals surface area contributed by atoms with E-state index < -0.39 is 6.04 Å². The fourth-order valence-corrected chi connectivity index (χ4v) is 4.45. The molecule has 7 nitrogen and oxygen atoms in total. The summed E-state index contributed by atoms with van der Waals surface area (Å²) in [5, 5.41) is 9.00. The topological polar surface area (TPSA) is 72.2 Å². The van der Waals surface area contributed by atoms with E-state index in [0.29, 0.717) is 18.5 Å². The zero-order valence-corrected chi connectivity index (χ0v) is 19.5. The minimum absolute atomic E-state index is 0.0651. The number of benzene rings is 2. The van der Waals surface area contributed by atoms with Crippen LogP contribution in [0, 0.1) is 0 Å². The highest BCUT2D eigenvalue weighted by Gasteiger charge is 2.25. The Morgan fingerprint density at radius 2 is 1.82 bits per heavy atom. The van der Waals surface area contributed by atoms with E-state index in [0.717, 1.165) is 35.8 Å². The molecule has 7 heteroatoms. The van der Waals surface area contributed by atoms with E-state index in [2.05, 4.69) is 34.5 Å². The largest absolute Gasteiger partial charge is 0.354 e. The maximum atomic E-state index is 13.2. The van der Waals surface area contributed by atoms with Crippen molar-refractivity contribution in [3.8, 4) is 0 Å². The van der Waals surface area contributed by atoms with Crippen LogP contribution >= 0.6 is 0 Å². The number of fused-ring (bicyclic) bond motifs is 3. The average Bonchev–Trinajstić information content (AvgIpc) is 3.15. The Bertz CT molecular complexity index is 1310. The van der Waals surface area contributed by atoms with Crippen molar-refractivity contribution in [3.63, 3.8) is 0 Å². The molecule has 1 amide bonds. The summed E-state index contributed by atoms with van der Waals surface area (Å²) in [4.78, 5) is 28.5. The van der Waals surface area contributed by atoms with Crippen LogP contribution in [0.4, 0.5) is 0 Å². The minimum atomic E-state index is -0.468. The highest BCUT2D eigenvalue weighted by molar-refractivity contribution is 6.08. The maximum absolute atomic E-state index is 13.2. The lowest BCUT2D eigenvalue weighted by Crippen LogP contribution is -2.35. The summed E-state index contributed by atoms with van der Waals surface area (Å²) < 4.78 is 3.22. The molecule has 1 N–H and O–H groups in total. The quantitative estimate of drug-likeness (QED) is 0.401. The van der Waals surface area contributed by atoms with E-state index in [1.165, 1.54) is 10.2 Å². The van der Waals surface area contributed by atoms with E-state index in [-0.39, 0.29) is 11.5 Å². The van der Waals surface area contributed by atoms with Gasteiger partial charge in [-0.25, -0.2) is 4.68 Å². The van der Waals surface area contributed by atoms with Crippen molar-refractivity contribution >= 4 is 27.7 Å². The van der Waals surface area contributed by atoms with Crippen molar-refractivity contribution < 1.29 is 4.79 Å². The van der Waals surface area contributed by atoms with Gasteiger partial charge in [-0.2, -0.15) is 5.10 Å². The molecule has 0 fully saturated rings. The molecule has 2 aromatic carbocycles. The normalized spacial score (nSPS) is 12.5. The number of nitrogens with zero attached hydrogens (tertiary/aromatic N) is 4. The third-order valence-electron chi connectivity index (χ3n) is 6.12. The van der Waals surface area contributed by atoms with Crippen LogP contribution in [-0.2, 0) is 18.4 Å². The smallest absolute Gasteiger partial charge is 0.291 e. The molecule has 0 aliphatic heterocycles. The fourth-order valence-electron chi connectivity index (χ4n) is 4.45. The summed E-state index contributed by atoms with van der Waals surface area (Å²) in [6, 6.07) is 17.7. The lowest BCUT2D eigenvalue weighted by atomic mass is 10.2. The zero-order valence-electron chi connectivity index (χ0n) is 19.5. The molecule has 0 saturated heterocycles. The average molecular weight is 446 g/mol. The van der Waals surface area contributed by atoms with E-state index in [1.54, 1.807) is 13.2 Å². The number of amides is 1. The van der Waals surface area contributed by atoms with Crippen LogP contribution in [0.15, 0.2) is 65.6 Å². The van der Waals surface area contributed by atoms with E-state index in [9.17, 15) is 9.59 Å². The molecule has 0 aliphatic carbocycles. The van der Waals surface area contributed by atoms with Crippen LogP contribution in [0.1, 0.15) is 31.4 Å². The molecule has 0 unspecified atom stereocenters. The van der Waals surface area contributed by atoms with Gasteiger partial charge in [-0.05, 0) is 38.1 Å². The summed E-state index contributed by atoms with van der Waals surface area (Å²) in [7, 11) is 3.72. The third kappa shape index (κ3) is 4.68. The van der Waals surface area contributed by atoms with Gasteiger partial charge in [-0.3, -0.25) is 9.59 Å². The summed E-state index contributed by atoms with van der Waals surface area (Å²) in [5.41, 5.74) is 2.48. The van der Waals surface area contributed by atoms with Gasteiger partial charge in [0.15, 0.2) is 0 Å². The van der Waals surface area contributed by atoms with E-state index in [4.69, 9.17) is 0 Å². The summed E-state index contributed by atoms with van der Waals surface area (Å²) in [5.74, 6) is -0.0651. The Morgan fingerprint density at radius 1 is 1.09 bits per heavy atom. The Hall–Kier alpha value is -3.45. The minimum Gasteiger partial charge on any atom is -0.354 e. The van der Waals surface area contributed by atoms with Crippen molar-refractivity contribution in [1.29, 1.82) is 0 Å². The van der Waals surface area contributed by atoms with Crippen LogP contribution in [0.25, 0.3) is 21.8 Å². The predicted octanol–water partition coefficient (Wildman–Crippen LogP) is 3.48. The van der Waals surface area contributed by atoms with Gasteiger partial charge in [0.05, 0.1) is 11.7 Å². The molecule has 4 aromatic rings. The maximum Gasteiger partial charge on any atom is 0.291 e. The first-order chi connectivity index (χ1) is 16.0. The fraction of sp³-hybridized carbons (Fsp3) is 0.346. The number of hydrogen-bond donors (Lipinski definition) is 1. The van der Waals surface area contributed by atoms with Crippen LogP contribution in [-0.4, -0.2) is 45.3 Å². The van der Waals surface area contributed by atoms with Crippen LogP contribution < -0.4 is 10.9 Å². The van der Waals surface area contributed by atoms with Gasteiger partial charge in [0.25, 0.3) is 5.56 Å². The number of rotatable bonds is 9. The van der Waals surface area contributed by atoms with Gasteiger partial charge < -0.3 is 14.8 Å². The molecule has 0 bridgehead atoms. The van der Waals surface area contributed by atoms with Gasteiger partial charge in [0, 0.05) is 30.9 Å². The molecule has 172 valence electrons. The number of carbonyl (C=O) groups excluding carboxylic acids is 1. The SMILES string of the molecule is CC[C@@H](C(=O)NCCCN(C)Cc1ccccc1)n1c2ccccc2c2cnn(C)c(=O)c21. The second kappa shape index (κ2) is 10.0. The van der Waals surface area contributed by atoms with Crippen molar-refractivity contribution in [2.45, 2.75) is 32.4 Å². The molecular formula is C26H31N5O2. The van der Waals surface area contributed by atoms with Crippen molar-refractivity contribution in [2.75, 3.05) is 20.1 Å².